The van der Waals surface area contributed by atoms with Gasteiger partial charge in [0.15, 0.2) is 5.16 Å². The Bertz CT molecular complexity index is 2300. The highest BCUT2D eigenvalue weighted by Gasteiger charge is 2.21. The Labute approximate surface area is 297 Å². The van der Waals surface area contributed by atoms with E-state index in [1.807, 2.05) is 61.4 Å². The van der Waals surface area contributed by atoms with E-state index in [1.54, 1.807) is 38.7 Å². The van der Waals surface area contributed by atoms with Gasteiger partial charge in [0.1, 0.15) is 33.9 Å². The van der Waals surface area contributed by atoms with Crippen LogP contribution in [0, 0.1) is 13.8 Å². The van der Waals surface area contributed by atoms with Crippen LogP contribution in [0.15, 0.2) is 75.7 Å². The van der Waals surface area contributed by atoms with Gasteiger partial charge >= 0.3 is 0 Å². The second-order valence-electron chi connectivity index (χ2n) is 12.0. The molecule has 1 aliphatic heterocycles. The SMILES string of the molecule is COc1cc(C)cc(Nc2nc(N3CCC(O)CC3)nc3cc[nH]c(=O)c23)c1.COc1cc(C)cc(Nc2nc(SC)nc3cc[nH]c(=O)c23)c1. The van der Waals surface area contributed by atoms with E-state index in [9.17, 15) is 14.7 Å². The molecule has 2 aromatic carbocycles. The molecule has 15 heteroatoms. The van der Waals surface area contributed by atoms with Crippen LogP contribution in [0.5, 0.6) is 11.5 Å². The molecule has 0 saturated carbocycles. The summed E-state index contributed by atoms with van der Waals surface area (Å²) >= 11 is 1.43. The molecule has 14 nitrogen and oxygen atoms in total. The minimum atomic E-state index is -0.281. The second-order valence-corrected chi connectivity index (χ2v) is 12.8. The fourth-order valence-corrected chi connectivity index (χ4v) is 6.15. The van der Waals surface area contributed by atoms with Gasteiger partial charge in [0.25, 0.3) is 11.1 Å². The minimum Gasteiger partial charge on any atom is -0.497 e. The molecule has 4 aromatic heterocycles. The molecule has 0 amide bonds. The molecule has 51 heavy (non-hydrogen) atoms. The van der Waals surface area contributed by atoms with E-state index < -0.39 is 0 Å². The van der Waals surface area contributed by atoms with Gasteiger partial charge in [-0.3, -0.25) is 9.59 Å². The summed E-state index contributed by atoms with van der Waals surface area (Å²) in [7, 11) is 3.24. The Kier molecular flexibility index (Phi) is 10.7. The van der Waals surface area contributed by atoms with Gasteiger partial charge < -0.3 is 40.1 Å². The molecule has 1 aliphatic rings. The highest BCUT2D eigenvalue weighted by molar-refractivity contribution is 7.98. The van der Waals surface area contributed by atoms with Crippen LogP contribution in [0.25, 0.3) is 21.8 Å². The maximum absolute atomic E-state index is 12.5. The molecule has 5 heterocycles. The van der Waals surface area contributed by atoms with Crippen LogP contribution in [-0.4, -0.2) is 74.7 Å². The van der Waals surface area contributed by atoms with Crippen molar-refractivity contribution >= 4 is 62.5 Å². The molecule has 0 aliphatic carbocycles. The number of H-pyrrole nitrogens is 2. The van der Waals surface area contributed by atoms with Crippen LogP contribution in [0.1, 0.15) is 24.0 Å². The number of pyridine rings is 2. The summed E-state index contributed by atoms with van der Waals surface area (Å²) in [4.78, 5) is 50.1. The highest BCUT2D eigenvalue weighted by atomic mass is 32.2. The van der Waals surface area contributed by atoms with Crippen molar-refractivity contribution < 1.29 is 14.6 Å². The van der Waals surface area contributed by atoms with Gasteiger partial charge in [0, 0.05) is 49.0 Å². The molecule has 5 N–H and O–H groups in total. The number of methoxy groups -OCH3 is 2. The average Bonchev–Trinajstić information content (AvgIpc) is 3.11. The second kappa shape index (κ2) is 15.5. The first-order valence-corrected chi connectivity index (χ1v) is 17.5. The standard InChI is InChI=1S/C20H23N5O3.C16H16N4O2S/c1-12-9-13(11-15(10-12)28-2)22-18-17-16(3-6-21-19(17)27)23-20(24-18)25-7-4-14(26)5-8-25;1-9-6-10(8-11(7-9)22-2)18-14-13-12(4-5-17-15(13)21)19-16(20-14)23-3/h3,6,9-11,14,26H,4-5,7-8H2,1-2H3,(H,21,27)(H,22,23,24);4-8H,1-3H3,(H,17,21)(H,18,19,20). The Morgan fingerprint density at radius 3 is 1.78 bits per heavy atom. The number of benzene rings is 2. The number of nitrogens with one attached hydrogen (secondary N) is 4. The van der Waals surface area contributed by atoms with Crippen molar-refractivity contribution in [3.05, 3.63) is 92.8 Å². The smallest absolute Gasteiger partial charge is 0.261 e. The lowest BCUT2D eigenvalue weighted by Gasteiger charge is -2.30. The fraction of sp³-hybridized carbons (Fsp3) is 0.278. The fourth-order valence-electron chi connectivity index (χ4n) is 5.78. The minimum absolute atomic E-state index is 0.225. The van der Waals surface area contributed by atoms with E-state index >= 15 is 0 Å². The lowest BCUT2D eigenvalue weighted by atomic mass is 10.1. The summed E-state index contributed by atoms with van der Waals surface area (Å²) in [6.07, 6.45) is 6.14. The van der Waals surface area contributed by atoms with Crippen molar-refractivity contribution in [3.8, 4) is 11.5 Å². The number of aromatic nitrogens is 6. The molecular formula is C36H39N9O5S. The predicted octanol–water partition coefficient (Wildman–Crippen LogP) is 5.44. The van der Waals surface area contributed by atoms with Crippen LogP contribution in [0.3, 0.4) is 0 Å². The Morgan fingerprint density at radius 2 is 1.27 bits per heavy atom. The Balaban J connectivity index is 0.000000179. The third kappa shape index (κ3) is 8.22. The van der Waals surface area contributed by atoms with E-state index in [0.717, 1.165) is 34.0 Å². The zero-order valence-corrected chi connectivity index (χ0v) is 29.7. The number of aromatic amines is 2. The van der Waals surface area contributed by atoms with Crippen molar-refractivity contribution in [2.45, 2.75) is 37.9 Å². The van der Waals surface area contributed by atoms with Crippen molar-refractivity contribution in [2.24, 2.45) is 0 Å². The number of thioether (sulfide) groups is 1. The maximum atomic E-state index is 12.5. The zero-order valence-electron chi connectivity index (χ0n) is 28.9. The topological polar surface area (TPSA) is 183 Å². The number of hydrogen-bond acceptors (Lipinski definition) is 13. The van der Waals surface area contributed by atoms with E-state index in [0.29, 0.717) is 70.5 Å². The molecular weight excluding hydrogens is 671 g/mol. The molecule has 1 fully saturated rings. The van der Waals surface area contributed by atoms with E-state index in [1.165, 1.54) is 11.8 Å². The van der Waals surface area contributed by atoms with Crippen molar-refractivity contribution in [2.75, 3.05) is 49.1 Å². The number of anilines is 5. The van der Waals surface area contributed by atoms with Gasteiger partial charge in [0.2, 0.25) is 5.95 Å². The first kappa shape index (κ1) is 35.2. The molecule has 264 valence electrons. The van der Waals surface area contributed by atoms with Gasteiger partial charge in [-0.05, 0) is 80.5 Å². The third-order valence-electron chi connectivity index (χ3n) is 8.24. The monoisotopic (exact) mass is 709 g/mol. The molecule has 0 spiro atoms. The van der Waals surface area contributed by atoms with Gasteiger partial charge in [-0.15, -0.1) is 0 Å². The Hall–Kier alpha value is -5.67. The van der Waals surface area contributed by atoms with Crippen LogP contribution in [-0.2, 0) is 0 Å². The first-order chi connectivity index (χ1) is 24.6. The lowest BCUT2D eigenvalue weighted by Crippen LogP contribution is -2.37. The van der Waals surface area contributed by atoms with E-state index in [2.05, 4.69) is 40.5 Å². The largest absolute Gasteiger partial charge is 0.497 e. The van der Waals surface area contributed by atoms with Gasteiger partial charge in [0.05, 0.1) is 31.4 Å². The number of ether oxygens (including phenoxy) is 2. The van der Waals surface area contributed by atoms with Crippen LogP contribution in [0.2, 0.25) is 0 Å². The summed E-state index contributed by atoms with van der Waals surface area (Å²) in [6, 6.07) is 15.0. The normalized spacial score (nSPS) is 13.1. The van der Waals surface area contributed by atoms with Crippen molar-refractivity contribution in [1.82, 2.24) is 29.9 Å². The number of aryl methyl sites for hydroxylation is 2. The van der Waals surface area contributed by atoms with Crippen molar-refractivity contribution in [1.29, 1.82) is 0 Å². The van der Waals surface area contributed by atoms with Crippen molar-refractivity contribution in [3.63, 3.8) is 0 Å². The summed E-state index contributed by atoms with van der Waals surface area (Å²) in [5, 5.41) is 17.7. The molecule has 0 atom stereocenters. The van der Waals surface area contributed by atoms with Gasteiger partial charge in [-0.25, -0.2) is 15.0 Å². The molecule has 0 unspecified atom stereocenters. The van der Waals surface area contributed by atoms with Crippen LogP contribution in [0.4, 0.5) is 29.0 Å². The Morgan fingerprint density at radius 1 is 0.765 bits per heavy atom. The third-order valence-corrected chi connectivity index (χ3v) is 8.78. The zero-order chi connectivity index (χ0) is 36.1. The van der Waals surface area contributed by atoms with E-state index in [-0.39, 0.29) is 17.2 Å². The summed E-state index contributed by atoms with van der Waals surface area (Å²) < 4.78 is 10.6. The number of nitrogens with zero attached hydrogens (tertiary/aromatic N) is 5. The number of aliphatic hydroxyl groups is 1. The summed E-state index contributed by atoms with van der Waals surface area (Å²) in [5.41, 5.74) is 4.36. The van der Waals surface area contributed by atoms with Crippen LogP contribution >= 0.6 is 11.8 Å². The number of hydrogen-bond donors (Lipinski definition) is 5. The lowest BCUT2D eigenvalue weighted by molar-refractivity contribution is 0.145. The van der Waals surface area contributed by atoms with Gasteiger partial charge in [-0.1, -0.05) is 11.8 Å². The molecule has 0 radical (unpaired) electrons. The predicted molar refractivity (Wildman–Crippen MR) is 202 cm³/mol. The number of piperidine rings is 1. The number of aliphatic hydroxyl groups excluding tert-OH is 1. The summed E-state index contributed by atoms with van der Waals surface area (Å²) in [6.45, 7) is 5.30. The molecule has 7 rings (SSSR count). The first-order valence-electron chi connectivity index (χ1n) is 16.3. The highest BCUT2D eigenvalue weighted by Crippen LogP contribution is 2.29. The van der Waals surface area contributed by atoms with Gasteiger partial charge in [-0.2, -0.15) is 4.98 Å². The number of rotatable bonds is 8. The number of fused-ring (bicyclic) bond motifs is 2. The molecule has 1 saturated heterocycles. The molecule has 6 aromatic rings. The van der Waals surface area contributed by atoms with E-state index in [4.69, 9.17) is 9.47 Å². The molecule has 0 bridgehead atoms. The average molecular weight is 710 g/mol. The maximum Gasteiger partial charge on any atom is 0.261 e. The quantitative estimate of drug-likeness (QED) is 0.0996. The summed E-state index contributed by atoms with van der Waals surface area (Å²) in [5.74, 6) is 2.94. The van der Waals surface area contributed by atoms with Crippen LogP contribution < -0.4 is 36.1 Å².